The van der Waals surface area contributed by atoms with Gasteiger partial charge in [0, 0.05) is 22.7 Å². The van der Waals surface area contributed by atoms with Crippen LogP contribution >= 0.6 is 11.6 Å². The van der Waals surface area contributed by atoms with Gasteiger partial charge < -0.3 is 4.74 Å². The summed E-state index contributed by atoms with van der Waals surface area (Å²) in [6, 6.07) is 15.9. The van der Waals surface area contributed by atoms with Crippen molar-refractivity contribution in [1.82, 2.24) is 0 Å². The molecule has 0 aliphatic carbocycles. The van der Waals surface area contributed by atoms with Crippen molar-refractivity contribution in [2.45, 2.75) is 6.61 Å². The van der Waals surface area contributed by atoms with Crippen LogP contribution in [-0.2, 0) is 11.3 Å². The second kappa shape index (κ2) is 6.16. The van der Waals surface area contributed by atoms with E-state index in [0.717, 1.165) is 5.56 Å². The van der Waals surface area contributed by atoms with Gasteiger partial charge in [0.15, 0.2) is 5.78 Å². The lowest BCUT2D eigenvalue weighted by Gasteiger charge is -2.04. The number of hydrogen-bond acceptors (Lipinski definition) is 3. The SMILES string of the molecule is O=C(Cl)OCc1ccc(C(=O)c2ccccc2)cc1. The number of hydrogen-bond donors (Lipinski definition) is 0. The molecule has 2 aromatic carbocycles. The molecular formula is C15H11ClO3. The average Bonchev–Trinajstić information content (AvgIpc) is 2.46. The summed E-state index contributed by atoms with van der Waals surface area (Å²) >= 11 is 5.07. The molecule has 0 bridgehead atoms. The molecule has 3 nitrogen and oxygen atoms in total. The number of ether oxygens (including phenoxy) is 1. The molecule has 2 rings (SSSR count). The third kappa shape index (κ3) is 3.66. The van der Waals surface area contributed by atoms with Crippen LogP contribution in [0.4, 0.5) is 4.79 Å². The largest absolute Gasteiger partial charge is 0.449 e. The number of benzene rings is 2. The molecule has 0 atom stereocenters. The highest BCUT2D eigenvalue weighted by molar-refractivity contribution is 6.61. The first-order valence-electron chi connectivity index (χ1n) is 5.68. The molecule has 0 aliphatic rings. The number of rotatable bonds is 4. The van der Waals surface area contributed by atoms with Gasteiger partial charge in [-0.1, -0.05) is 54.6 Å². The first kappa shape index (κ1) is 13.3. The van der Waals surface area contributed by atoms with Crippen molar-refractivity contribution in [1.29, 1.82) is 0 Å². The highest BCUT2D eigenvalue weighted by Crippen LogP contribution is 2.12. The van der Waals surface area contributed by atoms with Gasteiger partial charge in [0.05, 0.1) is 0 Å². The van der Waals surface area contributed by atoms with Gasteiger partial charge in [0.25, 0.3) is 0 Å². The van der Waals surface area contributed by atoms with Crippen molar-refractivity contribution in [3.05, 3.63) is 71.3 Å². The molecule has 0 saturated heterocycles. The minimum absolute atomic E-state index is 0.0403. The Bertz CT molecular complexity index is 576. The molecule has 0 amide bonds. The van der Waals surface area contributed by atoms with E-state index in [1.165, 1.54) is 0 Å². The minimum atomic E-state index is -0.843. The van der Waals surface area contributed by atoms with E-state index in [2.05, 4.69) is 4.74 Å². The first-order valence-corrected chi connectivity index (χ1v) is 6.05. The molecule has 0 heterocycles. The van der Waals surface area contributed by atoms with Gasteiger partial charge in [0.2, 0.25) is 0 Å². The fourth-order valence-corrected chi connectivity index (χ4v) is 1.70. The van der Waals surface area contributed by atoms with E-state index in [4.69, 9.17) is 11.6 Å². The molecule has 0 spiro atoms. The van der Waals surface area contributed by atoms with Crippen molar-refractivity contribution in [2.24, 2.45) is 0 Å². The molecule has 0 aliphatic heterocycles. The van der Waals surface area contributed by atoms with E-state index in [0.29, 0.717) is 11.1 Å². The second-order valence-electron chi connectivity index (χ2n) is 3.92. The standard InChI is InChI=1S/C15H11ClO3/c16-15(18)19-10-11-6-8-13(9-7-11)14(17)12-4-2-1-3-5-12/h1-9H,10H2. The van der Waals surface area contributed by atoms with Crippen LogP contribution in [0.1, 0.15) is 21.5 Å². The van der Waals surface area contributed by atoms with Crippen LogP contribution in [0, 0.1) is 0 Å². The smallest absolute Gasteiger partial charge is 0.404 e. The topological polar surface area (TPSA) is 43.4 Å². The lowest BCUT2D eigenvalue weighted by atomic mass is 10.0. The zero-order valence-corrected chi connectivity index (χ0v) is 10.8. The van der Waals surface area contributed by atoms with Gasteiger partial charge in [-0.05, 0) is 5.56 Å². The van der Waals surface area contributed by atoms with Crippen LogP contribution in [0.3, 0.4) is 0 Å². The van der Waals surface area contributed by atoms with Crippen LogP contribution in [0.2, 0.25) is 0 Å². The van der Waals surface area contributed by atoms with Crippen LogP contribution in [-0.4, -0.2) is 11.2 Å². The van der Waals surface area contributed by atoms with E-state index in [1.54, 1.807) is 36.4 Å². The van der Waals surface area contributed by atoms with Crippen molar-refractivity contribution in [3.63, 3.8) is 0 Å². The van der Waals surface area contributed by atoms with Crippen molar-refractivity contribution >= 4 is 22.8 Å². The van der Waals surface area contributed by atoms with Gasteiger partial charge in [-0.15, -0.1) is 0 Å². The Hall–Kier alpha value is -2.13. The Morgan fingerprint density at radius 1 is 0.895 bits per heavy atom. The fourth-order valence-electron chi connectivity index (χ4n) is 1.65. The molecule has 0 saturated carbocycles. The Labute approximate surface area is 115 Å². The summed E-state index contributed by atoms with van der Waals surface area (Å²) < 4.78 is 4.65. The lowest BCUT2D eigenvalue weighted by Crippen LogP contribution is -2.01. The van der Waals surface area contributed by atoms with E-state index >= 15 is 0 Å². The maximum atomic E-state index is 12.1. The van der Waals surface area contributed by atoms with Gasteiger partial charge in [0.1, 0.15) is 6.61 Å². The third-order valence-corrected chi connectivity index (χ3v) is 2.71. The highest BCUT2D eigenvalue weighted by atomic mass is 35.5. The van der Waals surface area contributed by atoms with Crippen LogP contribution in [0.5, 0.6) is 0 Å². The van der Waals surface area contributed by atoms with Crippen molar-refractivity contribution in [2.75, 3.05) is 0 Å². The molecule has 19 heavy (non-hydrogen) atoms. The molecule has 2 aromatic rings. The van der Waals surface area contributed by atoms with E-state index in [9.17, 15) is 9.59 Å². The lowest BCUT2D eigenvalue weighted by molar-refractivity contribution is 0.103. The molecule has 0 fully saturated rings. The van der Waals surface area contributed by atoms with Gasteiger partial charge in [-0.25, -0.2) is 4.79 Å². The average molecular weight is 275 g/mol. The summed E-state index contributed by atoms with van der Waals surface area (Å²) in [7, 11) is 0. The predicted octanol–water partition coefficient (Wildman–Crippen LogP) is 3.79. The fraction of sp³-hybridized carbons (Fsp3) is 0.0667. The Kier molecular flexibility index (Phi) is 4.31. The number of carbonyl (C=O) groups excluding carboxylic acids is 2. The van der Waals surface area contributed by atoms with Gasteiger partial charge in [-0.2, -0.15) is 0 Å². The molecule has 4 heteroatoms. The van der Waals surface area contributed by atoms with E-state index < -0.39 is 5.43 Å². The van der Waals surface area contributed by atoms with Crippen LogP contribution in [0.25, 0.3) is 0 Å². The number of halogens is 1. The summed E-state index contributed by atoms with van der Waals surface area (Å²) in [6.07, 6.45) is 0. The third-order valence-electron chi connectivity index (χ3n) is 2.60. The molecule has 0 N–H and O–H groups in total. The predicted molar refractivity (Wildman–Crippen MR) is 72.4 cm³/mol. The Balaban J connectivity index is 2.10. The van der Waals surface area contributed by atoms with Crippen LogP contribution < -0.4 is 0 Å². The number of ketones is 1. The Morgan fingerprint density at radius 3 is 2.05 bits per heavy atom. The molecule has 0 radical (unpaired) electrons. The van der Waals surface area contributed by atoms with Crippen molar-refractivity contribution < 1.29 is 14.3 Å². The number of carbonyl (C=O) groups is 2. The summed E-state index contributed by atoms with van der Waals surface area (Å²) in [4.78, 5) is 22.6. The Morgan fingerprint density at radius 2 is 1.47 bits per heavy atom. The first-order chi connectivity index (χ1) is 9.16. The summed E-state index contributed by atoms with van der Waals surface area (Å²) in [5.74, 6) is -0.0403. The molecule has 0 aromatic heterocycles. The molecule has 96 valence electrons. The quantitative estimate of drug-likeness (QED) is 0.629. The van der Waals surface area contributed by atoms with Gasteiger partial charge >= 0.3 is 5.43 Å². The van der Waals surface area contributed by atoms with E-state index in [1.807, 2.05) is 18.2 Å². The monoisotopic (exact) mass is 274 g/mol. The van der Waals surface area contributed by atoms with Crippen LogP contribution in [0.15, 0.2) is 54.6 Å². The molecule has 0 unspecified atom stereocenters. The normalized spacial score (nSPS) is 9.95. The summed E-state index contributed by atoms with van der Waals surface area (Å²) in [5, 5.41) is 0. The van der Waals surface area contributed by atoms with Gasteiger partial charge in [-0.3, -0.25) is 4.79 Å². The second-order valence-corrected chi connectivity index (χ2v) is 4.23. The van der Waals surface area contributed by atoms with E-state index in [-0.39, 0.29) is 12.4 Å². The maximum absolute atomic E-state index is 12.1. The molecular weight excluding hydrogens is 264 g/mol. The zero-order chi connectivity index (χ0) is 13.7. The minimum Gasteiger partial charge on any atom is -0.449 e. The summed E-state index contributed by atoms with van der Waals surface area (Å²) in [5.41, 5.74) is 1.16. The summed E-state index contributed by atoms with van der Waals surface area (Å²) in [6.45, 7) is 0.0993. The maximum Gasteiger partial charge on any atom is 0.404 e. The highest BCUT2D eigenvalue weighted by Gasteiger charge is 2.08. The zero-order valence-electron chi connectivity index (χ0n) is 10.0. The van der Waals surface area contributed by atoms with Crippen molar-refractivity contribution in [3.8, 4) is 0 Å².